The Hall–Kier alpha value is -2.45. The van der Waals surface area contributed by atoms with Gasteiger partial charge in [-0.2, -0.15) is 5.26 Å². The van der Waals surface area contributed by atoms with Gasteiger partial charge in [0, 0.05) is 44.3 Å². The van der Waals surface area contributed by atoms with E-state index in [-0.39, 0.29) is 23.1 Å². The molecular formula is C33H44N4O4S2. The molecule has 4 fully saturated rings. The van der Waals surface area contributed by atoms with Gasteiger partial charge in [-0.25, -0.2) is 21.1 Å². The minimum atomic E-state index is -3.37. The van der Waals surface area contributed by atoms with Gasteiger partial charge in [-0.3, -0.25) is 0 Å². The number of sulfone groups is 1. The lowest BCUT2D eigenvalue weighted by molar-refractivity contribution is 0.0885. The highest BCUT2D eigenvalue weighted by molar-refractivity contribution is 7.92. The van der Waals surface area contributed by atoms with Gasteiger partial charge in [-0.15, -0.1) is 0 Å². The van der Waals surface area contributed by atoms with Gasteiger partial charge in [-0.1, -0.05) is 36.8 Å². The fourth-order valence-electron chi connectivity index (χ4n) is 8.11. The fraction of sp³-hybridized carbons (Fsp3) is 0.606. The van der Waals surface area contributed by atoms with Crippen LogP contribution in [-0.4, -0.2) is 83.4 Å². The van der Waals surface area contributed by atoms with Crippen LogP contribution in [0.2, 0.25) is 0 Å². The molecule has 2 aliphatic heterocycles. The summed E-state index contributed by atoms with van der Waals surface area (Å²) >= 11 is 0. The molecule has 0 radical (unpaired) electrons. The van der Waals surface area contributed by atoms with Gasteiger partial charge >= 0.3 is 0 Å². The SMILES string of the molecule is CN([C@@H]1CCC[C@H]1C(C#N)(c1ccccc1)C1CCN(CC2CN(c3ccc(S(=O)(=O)C4CC4)cc3)C2)CC1)S(C)(=O)=O. The van der Waals surface area contributed by atoms with Gasteiger partial charge in [0.25, 0.3) is 0 Å². The number of piperidine rings is 1. The number of hydrogen-bond donors (Lipinski definition) is 0. The van der Waals surface area contributed by atoms with Crippen molar-refractivity contribution < 1.29 is 16.8 Å². The molecule has 232 valence electrons. The molecule has 43 heavy (non-hydrogen) atoms. The third-order valence-corrected chi connectivity index (χ3v) is 14.3. The Morgan fingerprint density at radius 1 is 0.907 bits per heavy atom. The van der Waals surface area contributed by atoms with E-state index < -0.39 is 25.3 Å². The molecule has 0 amide bonds. The van der Waals surface area contributed by atoms with Crippen LogP contribution < -0.4 is 4.90 Å². The highest BCUT2D eigenvalue weighted by Crippen LogP contribution is 2.51. The predicted molar refractivity (Wildman–Crippen MR) is 169 cm³/mol. The van der Waals surface area contributed by atoms with Crippen LogP contribution in [0.25, 0.3) is 0 Å². The Kier molecular flexibility index (Phi) is 8.40. The highest BCUT2D eigenvalue weighted by atomic mass is 32.2. The molecular weight excluding hydrogens is 581 g/mol. The maximum atomic E-state index is 12.6. The van der Waals surface area contributed by atoms with E-state index in [0.717, 1.165) is 88.9 Å². The molecule has 2 heterocycles. The second-order valence-electron chi connectivity index (χ2n) is 13.3. The van der Waals surface area contributed by atoms with Crippen molar-refractivity contribution in [2.24, 2.45) is 17.8 Å². The van der Waals surface area contributed by atoms with Crippen molar-refractivity contribution in [3.8, 4) is 6.07 Å². The first-order valence-electron chi connectivity index (χ1n) is 15.7. The first kappa shape index (κ1) is 30.6. The van der Waals surface area contributed by atoms with Crippen molar-refractivity contribution in [1.29, 1.82) is 5.26 Å². The van der Waals surface area contributed by atoms with E-state index in [1.807, 2.05) is 30.3 Å². The molecule has 8 nitrogen and oxygen atoms in total. The number of hydrogen-bond acceptors (Lipinski definition) is 7. The lowest BCUT2D eigenvalue weighted by Gasteiger charge is -2.48. The summed E-state index contributed by atoms with van der Waals surface area (Å²) in [6.07, 6.45) is 7.25. The third kappa shape index (κ3) is 5.86. The van der Waals surface area contributed by atoms with Gasteiger partial charge in [-0.05, 0) is 93.3 Å². The summed E-state index contributed by atoms with van der Waals surface area (Å²) < 4.78 is 51.7. The third-order valence-electron chi connectivity index (χ3n) is 10.7. The number of likely N-dealkylation sites (tertiary alicyclic amines) is 1. The maximum absolute atomic E-state index is 12.6. The molecule has 1 unspecified atom stereocenters. The minimum Gasteiger partial charge on any atom is -0.371 e. The van der Waals surface area contributed by atoms with Crippen LogP contribution in [0.4, 0.5) is 5.69 Å². The Labute approximate surface area is 257 Å². The van der Waals surface area contributed by atoms with Crippen LogP contribution in [0.3, 0.4) is 0 Å². The summed E-state index contributed by atoms with van der Waals surface area (Å²) in [6, 6.07) is 20.2. The molecule has 2 saturated carbocycles. The Morgan fingerprint density at radius 3 is 2.14 bits per heavy atom. The number of sulfonamides is 1. The number of anilines is 1. The topological polar surface area (TPSA) is 102 Å². The van der Waals surface area contributed by atoms with Gasteiger partial charge in [0.2, 0.25) is 10.0 Å². The molecule has 2 aliphatic carbocycles. The van der Waals surface area contributed by atoms with Crippen LogP contribution in [0.15, 0.2) is 59.5 Å². The fourth-order valence-corrected chi connectivity index (χ4v) is 10.5. The standard InChI is InChI=1S/C33H44N4O4S2/c1-35(42(2,38)39)32-10-6-9-31(32)33(24-34,26-7-4-3-5-8-26)27-17-19-36(20-18-27)21-25-22-37(23-25)28-11-13-29(14-12-28)43(40,41)30-15-16-30/h3-5,7-8,11-14,25,27,30-32H,6,9-10,15-23H2,1-2H3/t31-,32-,33?/m1/s1. The number of benzene rings is 2. The maximum Gasteiger partial charge on any atom is 0.211 e. The summed E-state index contributed by atoms with van der Waals surface area (Å²) in [4.78, 5) is 5.29. The summed E-state index contributed by atoms with van der Waals surface area (Å²) in [5, 5.41) is 10.8. The average molecular weight is 625 g/mol. The molecule has 6 rings (SSSR count). The molecule has 3 atom stereocenters. The van der Waals surface area contributed by atoms with Crippen LogP contribution in [0.1, 0.15) is 50.5 Å². The van der Waals surface area contributed by atoms with E-state index in [2.05, 4.69) is 28.0 Å². The zero-order valence-electron chi connectivity index (χ0n) is 25.3. The highest BCUT2D eigenvalue weighted by Gasteiger charge is 2.53. The van der Waals surface area contributed by atoms with Gasteiger partial charge in [0.05, 0.1) is 27.9 Å². The molecule has 0 N–H and O–H groups in total. The largest absolute Gasteiger partial charge is 0.371 e. The van der Waals surface area contributed by atoms with E-state index >= 15 is 0 Å². The lowest BCUT2D eigenvalue weighted by atomic mass is 9.59. The van der Waals surface area contributed by atoms with Crippen molar-refractivity contribution in [2.45, 2.75) is 66.5 Å². The van der Waals surface area contributed by atoms with Crippen LogP contribution in [0, 0.1) is 29.1 Å². The van der Waals surface area contributed by atoms with E-state index in [0.29, 0.717) is 10.8 Å². The van der Waals surface area contributed by atoms with E-state index in [1.54, 1.807) is 19.2 Å². The zero-order chi connectivity index (χ0) is 30.4. The van der Waals surface area contributed by atoms with Crippen molar-refractivity contribution in [1.82, 2.24) is 9.21 Å². The number of nitrogens with zero attached hydrogens (tertiary/aromatic N) is 4. The van der Waals surface area contributed by atoms with Crippen LogP contribution >= 0.6 is 0 Å². The molecule has 4 aliphatic rings. The lowest BCUT2D eigenvalue weighted by Crippen LogP contribution is -2.55. The van der Waals surface area contributed by atoms with E-state index in [4.69, 9.17) is 0 Å². The van der Waals surface area contributed by atoms with Crippen LogP contribution in [-0.2, 0) is 25.3 Å². The van der Waals surface area contributed by atoms with Gasteiger partial charge in [0.15, 0.2) is 9.84 Å². The minimum absolute atomic E-state index is 0.0398. The zero-order valence-corrected chi connectivity index (χ0v) is 26.9. The second-order valence-corrected chi connectivity index (χ2v) is 17.6. The van der Waals surface area contributed by atoms with Crippen molar-refractivity contribution >= 4 is 25.5 Å². The molecule has 0 bridgehead atoms. The second kappa shape index (κ2) is 11.8. The van der Waals surface area contributed by atoms with Crippen molar-refractivity contribution in [3.05, 3.63) is 60.2 Å². The van der Waals surface area contributed by atoms with Gasteiger partial charge in [0.1, 0.15) is 0 Å². The smallest absolute Gasteiger partial charge is 0.211 e. The Bertz CT molecular complexity index is 1540. The monoisotopic (exact) mass is 624 g/mol. The predicted octanol–water partition coefficient (Wildman–Crippen LogP) is 4.29. The Morgan fingerprint density at radius 2 is 1.56 bits per heavy atom. The quantitative estimate of drug-likeness (QED) is 0.389. The van der Waals surface area contributed by atoms with Crippen molar-refractivity contribution in [2.75, 3.05) is 50.9 Å². The first-order chi connectivity index (χ1) is 20.5. The number of rotatable bonds is 10. The molecule has 2 saturated heterocycles. The van der Waals surface area contributed by atoms with Crippen LogP contribution in [0.5, 0.6) is 0 Å². The molecule has 2 aromatic carbocycles. The van der Waals surface area contributed by atoms with Crippen molar-refractivity contribution in [3.63, 3.8) is 0 Å². The number of nitriles is 1. The Balaban J connectivity index is 1.09. The summed E-state index contributed by atoms with van der Waals surface area (Å²) in [5.41, 5.74) is 1.39. The first-order valence-corrected chi connectivity index (χ1v) is 19.1. The summed E-state index contributed by atoms with van der Waals surface area (Å²) in [7, 11) is -4.84. The van der Waals surface area contributed by atoms with E-state index in [1.165, 1.54) is 10.6 Å². The average Bonchev–Trinajstić information content (AvgIpc) is 3.75. The molecule has 2 aromatic rings. The molecule has 10 heteroatoms. The van der Waals surface area contributed by atoms with E-state index in [9.17, 15) is 22.1 Å². The van der Waals surface area contributed by atoms with Gasteiger partial charge < -0.3 is 9.80 Å². The molecule has 0 aromatic heterocycles. The summed E-state index contributed by atoms with van der Waals surface area (Å²) in [5.74, 6) is 0.684. The molecule has 0 spiro atoms. The summed E-state index contributed by atoms with van der Waals surface area (Å²) in [6.45, 7) is 4.81. The normalized spacial score (nSPS) is 25.8.